The number of aromatic nitrogens is 2. The molecule has 0 aliphatic carbocycles. The molecule has 2 amide bonds. The molecule has 2 heterocycles. The summed E-state index contributed by atoms with van der Waals surface area (Å²) in [6.45, 7) is 3.33. The number of carbonyl (C=O) groups is 1. The van der Waals surface area contributed by atoms with Gasteiger partial charge in [0.2, 0.25) is 0 Å². The summed E-state index contributed by atoms with van der Waals surface area (Å²) in [6.07, 6.45) is 3.82. The Morgan fingerprint density at radius 3 is 3.12 bits per heavy atom. The van der Waals surface area contributed by atoms with Crippen LogP contribution < -0.4 is 10.6 Å². The number of carbonyl (C=O) groups excluding carboxylic acids is 1. The van der Waals surface area contributed by atoms with Crippen molar-refractivity contribution in [1.82, 2.24) is 15.1 Å². The lowest BCUT2D eigenvalue weighted by Gasteiger charge is -2.20. The van der Waals surface area contributed by atoms with Crippen LogP contribution in [0.5, 0.6) is 0 Å². The van der Waals surface area contributed by atoms with E-state index in [0.29, 0.717) is 12.4 Å². The Labute approximate surface area is 149 Å². The first-order valence-corrected chi connectivity index (χ1v) is 8.86. The molecule has 1 aromatic heterocycles. The van der Waals surface area contributed by atoms with Crippen LogP contribution in [0.4, 0.5) is 10.6 Å². The molecule has 2 atom stereocenters. The maximum absolute atomic E-state index is 12.2. The number of hydrogen-bond acceptors (Lipinski definition) is 3. The monoisotopic (exact) mass is 392 g/mol. The quantitative estimate of drug-likeness (QED) is 0.819. The van der Waals surface area contributed by atoms with E-state index in [-0.39, 0.29) is 18.2 Å². The predicted molar refractivity (Wildman–Crippen MR) is 96.1 cm³/mol. The van der Waals surface area contributed by atoms with E-state index >= 15 is 0 Å². The van der Waals surface area contributed by atoms with Crippen LogP contribution in [0.2, 0.25) is 0 Å². The normalized spacial score (nSPS) is 18.3. The number of nitrogens with one attached hydrogen (secondary N) is 2. The first-order chi connectivity index (χ1) is 11.6. The van der Waals surface area contributed by atoms with E-state index in [4.69, 9.17) is 4.74 Å². The molecular formula is C17H21BrN4O2. The fourth-order valence-corrected chi connectivity index (χ4v) is 3.27. The number of halogens is 1. The molecule has 1 aromatic carbocycles. The first-order valence-electron chi connectivity index (χ1n) is 8.07. The van der Waals surface area contributed by atoms with E-state index in [0.717, 1.165) is 29.5 Å². The highest BCUT2D eigenvalue weighted by atomic mass is 79.9. The molecule has 0 spiro atoms. The summed E-state index contributed by atoms with van der Waals surface area (Å²) in [5, 5.41) is 10.1. The molecule has 2 aromatic rings. The average Bonchev–Trinajstić information content (AvgIpc) is 3.20. The molecule has 7 heteroatoms. The standard InChI is InChI=1S/C17H21BrN4O2/c1-12(15-6-3-9-24-15)20-17(23)21-16-7-8-19-22(16)11-13-4-2-5-14(18)10-13/h2,4-5,7-8,10,12,15H,3,6,9,11H2,1H3,(H2,20,21,23). The second-order valence-corrected chi connectivity index (χ2v) is 6.86. The highest BCUT2D eigenvalue weighted by molar-refractivity contribution is 9.10. The Morgan fingerprint density at radius 1 is 1.50 bits per heavy atom. The van der Waals surface area contributed by atoms with Crippen molar-refractivity contribution >= 4 is 27.8 Å². The molecular weight excluding hydrogens is 372 g/mol. The lowest BCUT2D eigenvalue weighted by atomic mass is 10.1. The Morgan fingerprint density at radius 2 is 2.38 bits per heavy atom. The zero-order valence-electron chi connectivity index (χ0n) is 13.5. The van der Waals surface area contributed by atoms with Crippen molar-refractivity contribution in [2.75, 3.05) is 11.9 Å². The van der Waals surface area contributed by atoms with Crippen molar-refractivity contribution in [2.45, 2.75) is 38.5 Å². The molecule has 1 fully saturated rings. The third-order valence-electron chi connectivity index (χ3n) is 4.06. The van der Waals surface area contributed by atoms with Gasteiger partial charge in [-0.15, -0.1) is 0 Å². The third kappa shape index (κ3) is 4.36. The Bertz CT molecular complexity index is 697. The molecule has 0 saturated carbocycles. The topological polar surface area (TPSA) is 68.2 Å². The number of rotatable bonds is 5. The van der Waals surface area contributed by atoms with Gasteiger partial charge in [0.15, 0.2) is 0 Å². The van der Waals surface area contributed by atoms with Crippen molar-refractivity contribution in [1.29, 1.82) is 0 Å². The van der Waals surface area contributed by atoms with Crippen LogP contribution in [0, 0.1) is 0 Å². The molecule has 1 saturated heterocycles. The van der Waals surface area contributed by atoms with Crippen molar-refractivity contribution < 1.29 is 9.53 Å². The van der Waals surface area contributed by atoms with Gasteiger partial charge in [-0.1, -0.05) is 28.1 Å². The number of anilines is 1. The average molecular weight is 393 g/mol. The van der Waals surface area contributed by atoms with E-state index in [9.17, 15) is 4.79 Å². The van der Waals surface area contributed by atoms with Gasteiger partial charge in [0, 0.05) is 17.1 Å². The Kier molecular flexibility index (Phi) is 5.52. The zero-order chi connectivity index (χ0) is 16.9. The van der Waals surface area contributed by atoms with Gasteiger partial charge in [0.05, 0.1) is 24.9 Å². The molecule has 1 aliphatic rings. The van der Waals surface area contributed by atoms with Gasteiger partial charge in [-0.3, -0.25) is 5.32 Å². The number of amides is 2. The van der Waals surface area contributed by atoms with E-state index in [1.54, 1.807) is 16.9 Å². The maximum Gasteiger partial charge on any atom is 0.320 e. The summed E-state index contributed by atoms with van der Waals surface area (Å²) < 4.78 is 8.38. The van der Waals surface area contributed by atoms with Crippen molar-refractivity contribution in [2.24, 2.45) is 0 Å². The number of benzene rings is 1. The van der Waals surface area contributed by atoms with Crippen molar-refractivity contribution in [3.63, 3.8) is 0 Å². The zero-order valence-corrected chi connectivity index (χ0v) is 15.1. The minimum atomic E-state index is -0.242. The second kappa shape index (κ2) is 7.81. The van der Waals surface area contributed by atoms with Crippen LogP contribution in [-0.2, 0) is 11.3 Å². The minimum Gasteiger partial charge on any atom is -0.376 e. The van der Waals surface area contributed by atoms with Gasteiger partial charge in [-0.2, -0.15) is 5.10 Å². The van der Waals surface area contributed by atoms with Crippen LogP contribution in [0.15, 0.2) is 41.0 Å². The van der Waals surface area contributed by atoms with Gasteiger partial charge >= 0.3 is 6.03 Å². The van der Waals surface area contributed by atoms with Crippen LogP contribution >= 0.6 is 15.9 Å². The van der Waals surface area contributed by atoms with E-state index < -0.39 is 0 Å². The highest BCUT2D eigenvalue weighted by Crippen LogP contribution is 2.17. The van der Waals surface area contributed by atoms with E-state index in [1.165, 1.54) is 0 Å². The molecule has 6 nitrogen and oxygen atoms in total. The molecule has 24 heavy (non-hydrogen) atoms. The van der Waals surface area contributed by atoms with Crippen LogP contribution in [0.1, 0.15) is 25.3 Å². The summed E-state index contributed by atoms with van der Waals surface area (Å²) in [6, 6.07) is 9.54. The van der Waals surface area contributed by atoms with E-state index in [1.807, 2.05) is 31.2 Å². The highest BCUT2D eigenvalue weighted by Gasteiger charge is 2.23. The number of hydrogen-bond donors (Lipinski definition) is 2. The van der Waals surface area contributed by atoms with E-state index in [2.05, 4.69) is 31.7 Å². The Hall–Kier alpha value is -1.86. The van der Waals surface area contributed by atoms with Gasteiger partial charge in [-0.25, -0.2) is 9.48 Å². The molecule has 2 N–H and O–H groups in total. The third-order valence-corrected chi connectivity index (χ3v) is 4.55. The van der Waals surface area contributed by atoms with Crippen LogP contribution in [-0.4, -0.2) is 34.6 Å². The lowest BCUT2D eigenvalue weighted by molar-refractivity contribution is 0.0868. The Balaban J connectivity index is 1.59. The maximum atomic E-state index is 12.2. The molecule has 0 bridgehead atoms. The smallest absolute Gasteiger partial charge is 0.320 e. The predicted octanol–water partition coefficient (Wildman–Crippen LogP) is 3.38. The SMILES string of the molecule is CC(NC(=O)Nc1ccnn1Cc1cccc(Br)c1)C1CCCO1. The van der Waals surface area contributed by atoms with Crippen LogP contribution in [0.25, 0.3) is 0 Å². The van der Waals surface area contributed by atoms with Gasteiger partial charge in [-0.05, 0) is 37.5 Å². The summed E-state index contributed by atoms with van der Waals surface area (Å²) in [5.41, 5.74) is 1.10. The largest absolute Gasteiger partial charge is 0.376 e. The summed E-state index contributed by atoms with van der Waals surface area (Å²) >= 11 is 3.46. The molecule has 0 radical (unpaired) electrons. The number of nitrogens with zero attached hydrogens (tertiary/aromatic N) is 2. The minimum absolute atomic E-state index is 0.0195. The van der Waals surface area contributed by atoms with Crippen LogP contribution in [0.3, 0.4) is 0 Å². The van der Waals surface area contributed by atoms with Gasteiger partial charge < -0.3 is 10.1 Å². The lowest BCUT2D eigenvalue weighted by Crippen LogP contribution is -2.43. The van der Waals surface area contributed by atoms with Crippen molar-refractivity contribution in [3.8, 4) is 0 Å². The molecule has 128 valence electrons. The number of urea groups is 1. The molecule has 3 rings (SSSR count). The molecule has 2 unspecified atom stereocenters. The molecule has 1 aliphatic heterocycles. The summed E-state index contributed by atoms with van der Waals surface area (Å²) in [7, 11) is 0. The number of ether oxygens (including phenoxy) is 1. The first kappa shape index (κ1) is 17.0. The fourth-order valence-electron chi connectivity index (χ4n) is 2.82. The second-order valence-electron chi connectivity index (χ2n) is 5.94. The fraction of sp³-hybridized carbons (Fsp3) is 0.412. The van der Waals surface area contributed by atoms with Gasteiger partial charge in [0.25, 0.3) is 0 Å². The summed E-state index contributed by atoms with van der Waals surface area (Å²) in [4.78, 5) is 12.2. The van der Waals surface area contributed by atoms with Crippen molar-refractivity contribution in [3.05, 3.63) is 46.6 Å². The summed E-state index contributed by atoms with van der Waals surface area (Å²) in [5.74, 6) is 0.659. The van der Waals surface area contributed by atoms with Gasteiger partial charge in [0.1, 0.15) is 5.82 Å².